The van der Waals surface area contributed by atoms with E-state index in [0.717, 1.165) is 12.2 Å². The van der Waals surface area contributed by atoms with Crippen LogP contribution in [0.3, 0.4) is 0 Å². The molecule has 2 rings (SSSR count). The van der Waals surface area contributed by atoms with Gasteiger partial charge < -0.3 is 0 Å². The van der Waals surface area contributed by atoms with Crippen LogP contribution in [0.2, 0.25) is 0 Å². The summed E-state index contributed by atoms with van der Waals surface area (Å²) in [5.41, 5.74) is 0.506. The molecule has 17 heavy (non-hydrogen) atoms. The Labute approximate surface area is 97.8 Å². The van der Waals surface area contributed by atoms with Crippen molar-refractivity contribution in [2.45, 2.75) is 18.6 Å². The molecule has 1 heterocycles. The number of aliphatic imine (C=N–C) groups is 1. The van der Waals surface area contributed by atoms with Crippen LogP contribution in [0.5, 0.6) is 0 Å². The van der Waals surface area contributed by atoms with Crippen molar-refractivity contribution in [1.29, 1.82) is 0 Å². The van der Waals surface area contributed by atoms with Gasteiger partial charge in [-0.1, -0.05) is 0 Å². The van der Waals surface area contributed by atoms with Gasteiger partial charge in [0.2, 0.25) is 0 Å². The maximum atomic E-state index is 13.0. The zero-order valence-corrected chi connectivity index (χ0v) is 8.98. The van der Waals surface area contributed by atoms with Crippen LogP contribution in [-0.4, -0.2) is 32.0 Å². The number of hydrogen-bond acceptors (Lipinski definition) is 3. The van der Waals surface area contributed by atoms with Crippen molar-refractivity contribution in [2.75, 3.05) is 6.61 Å². The molecule has 0 aliphatic carbocycles. The first kappa shape index (κ1) is 12.0. The zero-order chi connectivity index (χ0) is 12.3. The first-order valence-electron chi connectivity index (χ1n) is 5.22. The van der Waals surface area contributed by atoms with Crippen molar-refractivity contribution in [3.63, 3.8) is 0 Å². The molecule has 0 N–H and O–H groups in total. The summed E-state index contributed by atoms with van der Waals surface area (Å²) >= 11 is 0. The molecule has 1 fully saturated rings. The summed E-state index contributed by atoms with van der Waals surface area (Å²) < 4.78 is 41.2. The average molecular weight is 237 g/mol. The van der Waals surface area contributed by atoms with Crippen LogP contribution in [0.15, 0.2) is 23.2 Å². The molecule has 1 aliphatic rings. The van der Waals surface area contributed by atoms with Gasteiger partial charge >= 0.3 is 97.0 Å². The fourth-order valence-electron chi connectivity index (χ4n) is 1.67. The molecule has 1 aliphatic heterocycles. The molecular formula is C11H10BF2NO2. The van der Waals surface area contributed by atoms with E-state index in [1.165, 1.54) is 12.1 Å². The number of nitrogens with zero attached hydrogens (tertiary/aromatic N) is 1. The van der Waals surface area contributed by atoms with E-state index in [2.05, 4.69) is 4.99 Å². The molecule has 3 nitrogen and oxygen atoms in total. The topological polar surface area (TPSA) is 42.0 Å². The molecule has 1 saturated heterocycles. The molecule has 0 spiro atoms. The molecule has 88 valence electrons. The van der Waals surface area contributed by atoms with Crippen molar-refractivity contribution in [3.8, 4) is 0 Å². The van der Waals surface area contributed by atoms with Crippen LogP contribution in [0, 0.1) is 11.6 Å². The Morgan fingerprint density at radius 1 is 1.47 bits per heavy atom. The second-order valence-electron chi connectivity index (χ2n) is 3.86. The van der Waals surface area contributed by atoms with E-state index in [0.29, 0.717) is 25.7 Å². The summed E-state index contributed by atoms with van der Waals surface area (Å²) in [6, 6.07) is 3.08. The number of epoxide rings is 1. The standard InChI is InChI=1S/C11H10BF2NO2/c13-8-1-7(2-9(14)4-8)3-10(11-5-17-11)15-6-12-16/h1-2,4,6,10-11H,3,5H2/t10-,11+/m0/s1. The van der Waals surface area contributed by atoms with Gasteiger partial charge in [-0.05, 0) is 0 Å². The predicted molar refractivity (Wildman–Crippen MR) is 58.5 cm³/mol. The van der Waals surface area contributed by atoms with E-state index in [1.54, 1.807) is 0 Å². The summed E-state index contributed by atoms with van der Waals surface area (Å²) in [4.78, 5) is 4.00. The van der Waals surface area contributed by atoms with Gasteiger partial charge in [0.15, 0.2) is 0 Å². The van der Waals surface area contributed by atoms with Gasteiger partial charge in [-0.3, -0.25) is 0 Å². The van der Waals surface area contributed by atoms with E-state index in [9.17, 15) is 13.5 Å². The first-order valence-corrected chi connectivity index (χ1v) is 5.22. The van der Waals surface area contributed by atoms with Crippen LogP contribution >= 0.6 is 0 Å². The SMILES string of the molecule is O=BC=N[C@@H](Cc1cc(F)cc(F)c1)[C@H]1CO1. The molecular weight excluding hydrogens is 227 g/mol. The van der Waals surface area contributed by atoms with Crippen LogP contribution in [0.4, 0.5) is 8.78 Å². The molecule has 0 radical (unpaired) electrons. The van der Waals surface area contributed by atoms with Crippen molar-refractivity contribution in [2.24, 2.45) is 4.99 Å². The summed E-state index contributed by atoms with van der Waals surface area (Å²) in [5, 5.41) is 0. The summed E-state index contributed by atoms with van der Waals surface area (Å²) in [5.74, 6) is -1.23. The van der Waals surface area contributed by atoms with Gasteiger partial charge in [0, 0.05) is 0 Å². The number of halogens is 2. The number of hydrogen-bond donors (Lipinski definition) is 0. The molecule has 0 saturated carbocycles. The molecule has 6 heteroatoms. The monoisotopic (exact) mass is 237 g/mol. The number of benzene rings is 1. The molecule has 1 aromatic carbocycles. The quantitative estimate of drug-likeness (QED) is 0.440. The average Bonchev–Trinajstić information content (AvgIpc) is 3.06. The third kappa shape index (κ3) is 3.52. The molecule has 0 unspecified atom stereocenters. The molecule has 2 atom stereocenters. The van der Waals surface area contributed by atoms with Gasteiger partial charge in [0.05, 0.1) is 0 Å². The van der Waals surface area contributed by atoms with Crippen LogP contribution in [0.1, 0.15) is 5.56 Å². The Balaban J connectivity index is 2.10. The summed E-state index contributed by atoms with van der Waals surface area (Å²) in [6.45, 7) is 0.568. The van der Waals surface area contributed by atoms with Crippen LogP contribution in [0.25, 0.3) is 0 Å². The number of rotatable bonds is 5. The maximum absolute atomic E-state index is 13.0. The van der Waals surface area contributed by atoms with Gasteiger partial charge in [0.25, 0.3) is 0 Å². The van der Waals surface area contributed by atoms with Gasteiger partial charge in [-0.2, -0.15) is 0 Å². The van der Waals surface area contributed by atoms with Gasteiger partial charge in [0.1, 0.15) is 0 Å². The fourth-order valence-corrected chi connectivity index (χ4v) is 1.67. The Kier molecular flexibility index (Phi) is 3.73. The Morgan fingerprint density at radius 3 is 2.65 bits per heavy atom. The molecule has 1 aromatic rings. The normalized spacial score (nSPS) is 20.2. The predicted octanol–water partition coefficient (Wildman–Crippen LogP) is 1.35. The third-order valence-electron chi connectivity index (χ3n) is 2.49. The summed E-state index contributed by atoms with van der Waals surface area (Å²) in [7, 11) is 0.571. The first-order chi connectivity index (χ1) is 8.19. The molecule has 0 bridgehead atoms. The second-order valence-corrected chi connectivity index (χ2v) is 3.86. The molecule has 0 amide bonds. The second kappa shape index (κ2) is 5.27. The van der Waals surface area contributed by atoms with Gasteiger partial charge in [-0.15, -0.1) is 0 Å². The number of ether oxygens (including phenoxy) is 1. The van der Waals surface area contributed by atoms with E-state index in [1.807, 2.05) is 0 Å². The van der Waals surface area contributed by atoms with Crippen molar-refractivity contribution < 1.29 is 18.2 Å². The van der Waals surface area contributed by atoms with E-state index < -0.39 is 11.6 Å². The van der Waals surface area contributed by atoms with Crippen LogP contribution < -0.4 is 0 Å². The minimum absolute atomic E-state index is 0.0578. The Bertz CT molecular complexity index is 429. The molecule has 0 aromatic heterocycles. The van der Waals surface area contributed by atoms with Crippen molar-refractivity contribution in [1.82, 2.24) is 0 Å². The summed E-state index contributed by atoms with van der Waals surface area (Å²) in [6.07, 6.45) is 1.43. The van der Waals surface area contributed by atoms with E-state index in [-0.39, 0.29) is 12.1 Å². The van der Waals surface area contributed by atoms with E-state index in [4.69, 9.17) is 4.74 Å². The minimum atomic E-state index is -0.616. The third-order valence-corrected chi connectivity index (χ3v) is 2.49. The Morgan fingerprint density at radius 2 is 2.12 bits per heavy atom. The zero-order valence-electron chi connectivity index (χ0n) is 8.98. The van der Waals surface area contributed by atoms with Crippen molar-refractivity contribution >= 4 is 13.3 Å². The van der Waals surface area contributed by atoms with Crippen LogP contribution in [-0.2, 0) is 15.9 Å². The van der Waals surface area contributed by atoms with Crippen molar-refractivity contribution in [3.05, 3.63) is 35.4 Å². The van der Waals surface area contributed by atoms with E-state index >= 15 is 0 Å². The Hall–Kier alpha value is -1.43. The van der Waals surface area contributed by atoms with Gasteiger partial charge in [-0.25, -0.2) is 0 Å². The fraction of sp³-hybridized carbons (Fsp3) is 0.364.